The molecule has 1 aromatic rings. The van der Waals surface area contributed by atoms with Crippen molar-refractivity contribution in [3.8, 4) is 0 Å². The van der Waals surface area contributed by atoms with Crippen LogP contribution < -0.4 is 0 Å². The van der Waals surface area contributed by atoms with Gasteiger partial charge in [-0.25, -0.2) is 0 Å². The third-order valence-corrected chi connectivity index (χ3v) is 4.41. The largest absolute Gasteiger partial charge is 0.466 e. The highest BCUT2D eigenvalue weighted by molar-refractivity contribution is 7.17. The van der Waals surface area contributed by atoms with Crippen LogP contribution in [0, 0.1) is 5.92 Å². The molecular formula is C14H18ClNO3S. The van der Waals surface area contributed by atoms with Crippen LogP contribution in [-0.4, -0.2) is 36.0 Å². The van der Waals surface area contributed by atoms with Crippen LogP contribution in [0.15, 0.2) is 12.1 Å². The molecule has 1 amide bonds. The summed E-state index contributed by atoms with van der Waals surface area (Å²) in [7, 11) is 0. The Bertz CT molecular complexity index is 498. The molecule has 1 unspecified atom stereocenters. The Hall–Kier alpha value is -1.07. The van der Waals surface area contributed by atoms with E-state index in [9.17, 15) is 9.59 Å². The summed E-state index contributed by atoms with van der Waals surface area (Å²) in [5.41, 5.74) is 0. The van der Waals surface area contributed by atoms with Crippen molar-refractivity contribution in [2.45, 2.75) is 32.7 Å². The highest BCUT2D eigenvalue weighted by Gasteiger charge is 2.35. The van der Waals surface area contributed by atoms with E-state index in [4.69, 9.17) is 16.3 Å². The van der Waals surface area contributed by atoms with Crippen molar-refractivity contribution >= 4 is 34.8 Å². The molecule has 6 heteroatoms. The third kappa shape index (κ3) is 3.73. The number of carbonyl (C=O) groups is 2. The highest BCUT2D eigenvalue weighted by atomic mass is 35.5. The molecule has 2 rings (SSSR count). The minimum atomic E-state index is -0.310. The number of rotatable bonds is 6. The molecule has 1 aliphatic carbocycles. The number of carbonyl (C=O) groups excluding carboxylic acids is 2. The van der Waals surface area contributed by atoms with E-state index in [0.717, 1.165) is 12.8 Å². The van der Waals surface area contributed by atoms with Crippen LogP contribution in [0.4, 0.5) is 0 Å². The minimum Gasteiger partial charge on any atom is -0.466 e. The van der Waals surface area contributed by atoms with Gasteiger partial charge in [-0.05, 0) is 31.9 Å². The Kier molecular flexibility index (Phi) is 5.05. The van der Waals surface area contributed by atoms with Gasteiger partial charge in [-0.2, -0.15) is 0 Å². The van der Waals surface area contributed by atoms with Crippen molar-refractivity contribution in [1.82, 2.24) is 4.90 Å². The van der Waals surface area contributed by atoms with Gasteiger partial charge >= 0.3 is 5.97 Å². The van der Waals surface area contributed by atoms with Gasteiger partial charge in [-0.15, -0.1) is 11.3 Å². The molecule has 0 bridgehead atoms. The molecule has 0 spiro atoms. The average Bonchev–Trinajstić information content (AvgIpc) is 3.16. The van der Waals surface area contributed by atoms with Crippen LogP contribution in [0.2, 0.25) is 4.34 Å². The van der Waals surface area contributed by atoms with Gasteiger partial charge in [0.15, 0.2) is 0 Å². The summed E-state index contributed by atoms with van der Waals surface area (Å²) in [6.45, 7) is 4.34. The fourth-order valence-corrected chi connectivity index (χ4v) is 3.01. The summed E-state index contributed by atoms with van der Waals surface area (Å²) in [4.78, 5) is 26.6. The maximum absolute atomic E-state index is 12.5. The number of thiophene rings is 1. The maximum Gasteiger partial charge on any atom is 0.310 e. The lowest BCUT2D eigenvalue weighted by atomic mass is 10.1. The second-order valence-electron chi connectivity index (χ2n) is 4.95. The van der Waals surface area contributed by atoms with E-state index in [1.807, 2.05) is 0 Å². The Morgan fingerprint density at radius 2 is 2.20 bits per heavy atom. The Labute approximate surface area is 127 Å². The first-order chi connectivity index (χ1) is 9.52. The van der Waals surface area contributed by atoms with Crippen molar-refractivity contribution in [2.75, 3.05) is 13.2 Å². The van der Waals surface area contributed by atoms with E-state index in [0.29, 0.717) is 22.4 Å². The summed E-state index contributed by atoms with van der Waals surface area (Å²) < 4.78 is 5.60. The molecule has 110 valence electrons. The van der Waals surface area contributed by atoms with E-state index in [1.54, 1.807) is 30.9 Å². The molecule has 1 atom stereocenters. The zero-order valence-electron chi connectivity index (χ0n) is 11.6. The van der Waals surface area contributed by atoms with Gasteiger partial charge in [0.1, 0.15) is 0 Å². The second-order valence-corrected chi connectivity index (χ2v) is 6.66. The van der Waals surface area contributed by atoms with Gasteiger partial charge < -0.3 is 9.64 Å². The normalized spacial score (nSPS) is 15.8. The number of hydrogen-bond acceptors (Lipinski definition) is 4. The van der Waals surface area contributed by atoms with Crippen LogP contribution in [0.25, 0.3) is 0 Å². The summed E-state index contributed by atoms with van der Waals surface area (Å²) in [6, 6.07) is 3.71. The van der Waals surface area contributed by atoms with Crippen molar-refractivity contribution in [3.05, 3.63) is 21.3 Å². The molecule has 4 nitrogen and oxygen atoms in total. The molecule has 0 aliphatic heterocycles. The third-order valence-electron chi connectivity index (χ3n) is 3.19. The number of nitrogens with zero attached hydrogens (tertiary/aromatic N) is 1. The van der Waals surface area contributed by atoms with E-state index in [2.05, 4.69) is 0 Å². The molecular weight excluding hydrogens is 298 g/mol. The first kappa shape index (κ1) is 15.3. The van der Waals surface area contributed by atoms with Crippen LogP contribution in [-0.2, 0) is 9.53 Å². The molecule has 0 saturated heterocycles. The predicted molar refractivity (Wildman–Crippen MR) is 79.2 cm³/mol. The Balaban J connectivity index is 2.04. The van der Waals surface area contributed by atoms with Crippen molar-refractivity contribution in [1.29, 1.82) is 0 Å². The summed E-state index contributed by atoms with van der Waals surface area (Å²) in [5.74, 6) is -0.606. The van der Waals surface area contributed by atoms with E-state index >= 15 is 0 Å². The first-order valence-electron chi connectivity index (χ1n) is 6.75. The topological polar surface area (TPSA) is 46.6 Å². The molecule has 0 N–H and O–H groups in total. The number of esters is 1. The second kappa shape index (κ2) is 6.59. The lowest BCUT2D eigenvalue weighted by Gasteiger charge is -2.24. The Morgan fingerprint density at radius 1 is 1.50 bits per heavy atom. The summed E-state index contributed by atoms with van der Waals surface area (Å²) >= 11 is 7.15. The van der Waals surface area contributed by atoms with Crippen molar-refractivity contribution in [2.24, 2.45) is 5.92 Å². The predicted octanol–water partition coefficient (Wildman–Crippen LogP) is 3.21. The van der Waals surface area contributed by atoms with Gasteiger partial charge in [0.2, 0.25) is 0 Å². The Morgan fingerprint density at radius 3 is 2.70 bits per heavy atom. The summed E-state index contributed by atoms with van der Waals surface area (Å²) in [5, 5.41) is 0. The molecule has 1 heterocycles. The lowest BCUT2D eigenvalue weighted by Crippen LogP contribution is -2.38. The van der Waals surface area contributed by atoms with Crippen LogP contribution in [0.3, 0.4) is 0 Å². The van der Waals surface area contributed by atoms with Crippen molar-refractivity contribution in [3.63, 3.8) is 0 Å². The van der Waals surface area contributed by atoms with Gasteiger partial charge in [-0.1, -0.05) is 18.5 Å². The monoisotopic (exact) mass is 315 g/mol. The molecule has 0 radical (unpaired) electrons. The fraction of sp³-hybridized carbons (Fsp3) is 0.571. The first-order valence-corrected chi connectivity index (χ1v) is 7.95. The van der Waals surface area contributed by atoms with Crippen LogP contribution in [0.1, 0.15) is 36.4 Å². The average molecular weight is 316 g/mol. The quantitative estimate of drug-likeness (QED) is 0.757. The highest BCUT2D eigenvalue weighted by Crippen LogP contribution is 2.31. The van der Waals surface area contributed by atoms with Crippen molar-refractivity contribution < 1.29 is 14.3 Å². The van der Waals surface area contributed by atoms with Crippen LogP contribution >= 0.6 is 22.9 Å². The zero-order chi connectivity index (χ0) is 14.7. The van der Waals surface area contributed by atoms with E-state index < -0.39 is 0 Å². The standard InChI is InChI=1S/C14H18ClNO3S/c1-3-19-14(18)9(2)8-16(10-4-5-10)13(17)11-6-7-12(15)20-11/h6-7,9-10H,3-5,8H2,1-2H3. The fourth-order valence-electron chi connectivity index (χ4n) is 2.01. The molecule has 1 aromatic heterocycles. The number of ether oxygens (including phenoxy) is 1. The van der Waals surface area contributed by atoms with E-state index in [-0.39, 0.29) is 23.8 Å². The molecule has 1 fully saturated rings. The molecule has 1 saturated carbocycles. The summed E-state index contributed by atoms with van der Waals surface area (Å²) in [6.07, 6.45) is 2.00. The van der Waals surface area contributed by atoms with Gasteiger partial charge in [-0.3, -0.25) is 9.59 Å². The SMILES string of the molecule is CCOC(=O)C(C)CN(C(=O)c1ccc(Cl)s1)C1CC1. The lowest BCUT2D eigenvalue weighted by molar-refractivity contribution is -0.147. The van der Waals surface area contributed by atoms with Gasteiger partial charge in [0.05, 0.1) is 21.7 Å². The molecule has 1 aliphatic rings. The molecule has 20 heavy (non-hydrogen) atoms. The van der Waals surface area contributed by atoms with Gasteiger partial charge in [0.25, 0.3) is 5.91 Å². The number of hydrogen-bond donors (Lipinski definition) is 0. The minimum absolute atomic E-state index is 0.0412. The van der Waals surface area contributed by atoms with Crippen LogP contribution in [0.5, 0.6) is 0 Å². The zero-order valence-corrected chi connectivity index (χ0v) is 13.2. The number of halogens is 1. The number of amides is 1. The van der Waals surface area contributed by atoms with E-state index in [1.165, 1.54) is 11.3 Å². The maximum atomic E-state index is 12.5. The smallest absolute Gasteiger partial charge is 0.310 e. The molecule has 0 aromatic carbocycles. The van der Waals surface area contributed by atoms with Gasteiger partial charge in [0, 0.05) is 12.6 Å².